The van der Waals surface area contributed by atoms with Crippen LogP contribution in [0.4, 0.5) is 0 Å². The highest BCUT2D eigenvalue weighted by atomic mass is 35.5. The molecular formula is C18H23ClN4. The van der Waals surface area contributed by atoms with Gasteiger partial charge in [-0.3, -0.25) is 4.99 Å². The minimum Gasteiger partial charge on any atom is -0.356 e. The number of guanidine groups is 1. The number of aryl methyl sites for hydroxylation is 1. The van der Waals surface area contributed by atoms with Crippen molar-refractivity contribution in [2.45, 2.75) is 18.9 Å². The van der Waals surface area contributed by atoms with Crippen molar-refractivity contribution in [1.29, 1.82) is 0 Å². The molecule has 5 heteroatoms. The van der Waals surface area contributed by atoms with Crippen molar-refractivity contribution in [3.63, 3.8) is 0 Å². The number of nitrogens with one attached hydrogen (secondary N) is 1. The van der Waals surface area contributed by atoms with Crippen molar-refractivity contribution < 1.29 is 0 Å². The van der Waals surface area contributed by atoms with Crippen LogP contribution in [0.15, 0.2) is 41.5 Å². The van der Waals surface area contributed by atoms with Gasteiger partial charge in [0.15, 0.2) is 5.96 Å². The van der Waals surface area contributed by atoms with Crippen molar-refractivity contribution in [3.05, 3.63) is 58.4 Å². The number of halogens is 1. The van der Waals surface area contributed by atoms with Gasteiger partial charge in [0.1, 0.15) is 0 Å². The summed E-state index contributed by atoms with van der Waals surface area (Å²) < 4.78 is 2.05. The molecule has 0 amide bonds. The van der Waals surface area contributed by atoms with E-state index < -0.39 is 0 Å². The summed E-state index contributed by atoms with van der Waals surface area (Å²) >= 11 is 6.05. The van der Waals surface area contributed by atoms with E-state index in [1.807, 2.05) is 38.0 Å². The van der Waals surface area contributed by atoms with Crippen LogP contribution in [-0.4, -0.2) is 36.1 Å². The maximum Gasteiger partial charge on any atom is 0.193 e. The first-order chi connectivity index (χ1) is 11.1. The molecule has 1 N–H and O–H groups in total. The van der Waals surface area contributed by atoms with E-state index >= 15 is 0 Å². The van der Waals surface area contributed by atoms with Gasteiger partial charge in [0.2, 0.25) is 0 Å². The van der Waals surface area contributed by atoms with Crippen molar-refractivity contribution in [2.75, 3.05) is 20.6 Å². The minimum atomic E-state index is 0.584. The van der Waals surface area contributed by atoms with Crippen LogP contribution in [0.5, 0.6) is 0 Å². The van der Waals surface area contributed by atoms with Gasteiger partial charge in [-0.2, -0.15) is 0 Å². The van der Waals surface area contributed by atoms with Crippen LogP contribution in [0.1, 0.15) is 22.7 Å². The number of fused-ring (bicyclic) bond motifs is 1. The van der Waals surface area contributed by atoms with Gasteiger partial charge in [0.05, 0.1) is 11.6 Å². The Kier molecular flexibility index (Phi) is 4.62. The summed E-state index contributed by atoms with van der Waals surface area (Å²) in [5, 5.41) is 4.26. The maximum absolute atomic E-state index is 6.05. The highest BCUT2D eigenvalue weighted by Crippen LogP contribution is 2.33. The van der Waals surface area contributed by atoms with E-state index in [1.165, 1.54) is 11.1 Å². The Morgan fingerprint density at radius 1 is 1.43 bits per heavy atom. The molecule has 1 aliphatic carbocycles. The van der Waals surface area contributed by atoms with Crippen molar-refractivity contribution >= 4 is 17.6 Å². The third kappa shape index (κ3) is 3.37. The molecule has 0 aliphatic heterocycles. The van der Waals surface area contributed by atoms with E-state index in [0.717, 1.165) is 36.2 Å². The molecular weight excluding hydrogens is 308 g/mol. The summed E-state index contributed by atoms with van der Waals surface area (Å²) in [6.45, 7) is 1.69. The summed E-state index contributed by atoms with van der Waals surface area (Å²) in [6.07, 6.45) is 3.07. The Bertz CT molecular complexity index is 720. The summed E-state index contributed by atoms with van der Waals surface area (Å²) in [6, 6.07) is 10.7. The van der Waals surface area contributed by atoms with Crippen molar-refractivity contribution in [2.24, 2.45) is 12.0 Å². The van der Waals surface area contributed by atoms with Gasteiger partial charge in [-0.25, -0.2) is 0 Å². The lowest BCUT2D eigenvalue weighted by Crippen LogP contribution is -2.42. The van der Waals surface area contributed by atoms with E-state index in [1.54, 1.807) is 0 Å². The molecule has 4 nitrogen and oxygen atoms in total. The predicted octanol–water partition coefficient (Wildman–Crippen LogP) is 3.03. The number of rotatable bonds is 4. The van der Waals surface area contributed by atoms with E-state index in [0.29, 0.717) is 5.92 Å². The molecule has 1 aliphatic rings. The van der Waals surface area contributed by atoms with E-state index in [-0.39, 0.29) is 0 Å². The van der Waals surface area contributed by atoms with E-state index in [4.69, 9.17) is 11.6 Å². The number of aromatic nitrogens is 1. The minimum absolute atomic E-state index is 0.584. The predicted molar refractivity (Wildman–Crippen MR) is 96.1 cm³/mol. The molecule has 1 unspecified atom stereocenters. The molecule has 23 heavy (non-hydrogen) atoms. The third-order valence-electron chi connectivity index (χ3n) is 4.51. The Labute approximate surface area is 142 Å². The number of benzene rings is 1. The largest absolute Gasteiger partial charge is 0.356 e. The fraction of sp³-hybridized carbons (Fsp3) is 0.389. The first-order valence-electron chi connectivity index (χ1n) is 7.89. The van der Waals surface area contributed by atoms with Gasteiger partial charge in [-0.15, -0.1) is 0 Å². The molecule has 122 valence electrons. The Balaban J connectivity index is 1.57. The van der Waals surface area contributed by atoms with Crippen LogP contribution < -0.4 is 5.32 Å². The Morgan fingerprint density at radius 3 is 2.87 bits per heavy atom. The number of hydrogen-bond donors (Lipinski definition) is 1. The van der Waals surface area contributed by atoms with Crippen LogP contribution >= 0.6 is 11.6 Å². The van der Waals surface area contributed by atoms with Crippen LogP contribution in [0, 0.1) is 0 Å². The summed E-state index contributed by atoms with van der Waals surface area (Å²) in [5.74, 6) is 1.49. The van der Waals surface area contributed by atoms with Crippen molar-refractivity contribution in [3.8, 4) is 0 Å². The van der Waals surface area contributed by atoms with Gasteiger partial charge < -0.3 is 14.8 Å². The third-order valence-corrected chi connectivity index (χ3v) is 4.72. The molecule has 0 bridgehead atoms. The summed E-state index contributed by atoms with van der Waals surface area (Å²) in [7, 11) is 5.88. The van der Waals surface area contributed by atoms with Gasteiger partial charge in [0, 0.05) is 45.5 Å². The summed E-state index contributed by atoms with van der Waals surface area (Å²) in [4.78, 5) is 6.52. The van der Waals surface area contributed by atoms with Gasteiger partial charge in [-0.05, 0) is 23.6 Å². The fourth-order valence-electron chi connectivity index (χ4n) is 3.19. The molecule has 0 spiro atoms. The zero-order valence-electron chi connectivity index (χ0n) is 13.9. The SMILES string of the molecule is CN=C(NCC1Cc2ccccc21)N(C)Cc1cc(Cl)cn1C. The zero-order valence-corrected chi connectivity index (χ0v) is 14.6. The normalized spacial score (nSPS) is 16.7. The van der Waals surface area contributed by atoms with E-state index in [2.05, 4.69) is 39.5 Å². The molecule has 1 atom stereocenters. The van der Waals surface area contributed by atoms with E-state index in [9.17, 15) is 0 Å². The fourth-order valence-corrected chi connectivity index (χ4v) is 3.46. The molecule has 0 saturated heterocycles. The standard InChI is InChI=1S/C18H23ClN4/c1-20-18(23(3)12-16-9-15(19)11-22(16)2)21-10-14-8-13-6-4-5-7-17(13)14/h4-7,9,11,14H,8,10,12H2,1-3H3,(H,20,21). The van der Waals surface area contributed by atoms with Crippen LogP contribution in [0.2, 0.25) is 5.02 Å². The maximum atomic E-state index is 6.05. The second-order valence-electron chi connectivity index (χ2n) is 6.14. The smallest absolute Gasteiger partial charge is 0.193 e. The van der Waals surface area contributed by atoms with Gasteiger partial charge in [0.25, 0.3) is 0 Å². The molecule has 2 aromatic rings. The zero-order chi connectivity index (χ0) is 16.4. The van der Waals surface area contributed by atoms with Crippen LogP contribution in [0.3, 0.4) is 0 Å². The lowest BCUT2D eigenvalue weighted by Gasteiger charge is -2.32. The lowest BCUT2D eigenvalue weighted by atomic mass is 9.78. The van der Waals surface area contributed by atoms with Crippen LogP contribution in [0.25, 0.3) is 0 Å². The Hall–Kier alpha value is -1.94. The number of nitrogens with zero attached hydrogens (tertiary/aromatic N) is 3. The highest BCUT2D eigenvalue weighted by Gasteiger charge is 2.25. The molecule has 1 heterocycles. The molecule has 0 saturated carbocycles. The monoisotopic (exact) mass is 330 g/mol. The summed E-state index contributed by atoms with van der Waals surface area (Å²) in [5.41, 5.74) is 4.10. The lowest BCUT2D eigenvalue weighted by molar-refractivity contribution is 0.454. The Morgan fingerprint density at radius 2 is 2.22 bits per heavy atom. The van der Waals surface area contributed by atoms with Crippen molar-refractivity contribution in [1.82, 2.24) is 14.8 Å². The van der Waals surface area contributed by atoms with Gasteiger partial charge in [-0.1, -0.05) is 35.9 Å². The second-order valence-corrected chi connectivity index (χ2v) is 6.58. The molecule has 3 rings (SSSR count). The van der Waals surface area contributed by atoms with Crippen LogP contribution in [-0.2, 0) is 20.0 Å². The first kappa shape index (κ1) is 15.9. The quantitative estimate of drug-likeness (QED) is 0.690. The van der Waals surface area contributed by atoms with Gasteiger partial charge >= 0.3 is 0 Å². The number of aliphatic imine (C=N–C) groups is 1. The molecule has 0 radical (unpaired) electrons. The molecule has 0 fully saturated rings. The second kappa shape index (κ2) is 6.67. The topological polar surface area (TPSA) is 32.6 Å². The average Bonchev–Trinajstić information content (AvgIpc) is 2.81. The average molecular weight is 331 g/mol. The first-order valence-corrected chi connectivity index (χ1v) is 8.26. The highest BCUT2D eigenvalue weighted by molar-refractivity contribution is 6.30. The number of hydrogen-bond acceptors (Lipinski definition) is 1. The molecule has 1 aromatic heterocycles. The molecule has 1 aromatic carbocycles.